The van der Waals surface area contributed by atoms with Gasteiger partial charge in [-0.25, -0.2) is 4.39 Å². The summed E-state index contributed by atoms with van der Waals surface area (Å²) in [6, 6.07) is 4.77. The molecule has 1 nitrogen and oxygen atoms in total. The van der Waals surface area contributed by atoms with Crippen LogP contribution in [0.5, 0.6) is 0 Å². The summed E-state index contributed by atoms with van der Waals surface area (Å²) in [7, 11) is 0. The number of halogens is 2. The Bertz CT molecular complexity index is 374. The van der Waals surface area contributed by atoms with Crippen molar-refractivity contribution in [2.24, 2.45) is 0 Å². The minimum atomic E-state index is -0.214. The van der Waals surface area contributed by atoms with E-state index in [2.05, 4.69) is 41.2 Å². The fourth-order valence-electron chi connectivity index (χ4n) is 1.40. The lowest BCUT2D eigenvalue weighted by molar-refractivity contribution is 0.627. The van der Waals surface area contributed by atoms with E-state index >= 15 is 0 Å². The van der Waals surface area contributed by atoms with Gasteiger partial charge in [0.2, 0.25) is 0 Å². The van der Waals surface area contributed by atoms with Gasteiger partial charge in [-0.1, -0.05) is 47.5 Å². The zero-order valence-corrected chi connectivity index (χ0v) is 11.3. The van der Waals surface area contributed by atoms with Crippen LogP contribution in [-0.4, -0.2) is 13.1 Å². The van der Waals surface area contributed by atoms with Crippen molar-refractivity contribution >= 4 is 22.0 Å². The maximum Gasteiger partial charge on any atom is 0.124 e. The van der Waals surface area contributed by atoms with Gasteiger partial charge < -0.3 is 5.32 Å². The molecule has 88 valence electrons. The predicted molar refractivity (Wildman–Crippen MR) is 70.9 cm³/mol. The highest BCUT2D eigenvalue weighted by molar-refractivity contribution is 9.10. The first-order valence-electron chi connectivity index (χ1n) is 5.52. The Kier molecular flexibility index (Phi) is 5.71. The van der Waals surface area contributed by atoms with E-state index in [0.717, 1.165) is 29.5 Å². The highest BCUT2D eigenvalue weighted by Crippen LogP contribution is 2.21. The van der Waals surface area contributed by atoms with Crippen LogP contribution in [0.3, 0.4) is 0 Å². The summed E-state index contributed by atoms with van der Waals surface area (Å²) in [6.07, 6.45) is 3.10. The van der Waals surface area contributed by atoms with E-state index in [1.807, 2.05) is 0 Å². The summed E-state index contributed by atoms with van der Waals surface area (Å²) in [6.45, 7) is 6.06. The third-order valence-electron chi connectivity index (χ3n) is 2.38. The SMILES string of the molecule is CCNC/C(=C/c1ccc(F)cc1Br)CC. The van der Waals surface area contributed by atoms with Gasteiger partial charge in [0.05, 0.1) is 0 Å². The Labute approximate surface area is 105 Å². The van der Waals surface area contributed by atoms with Crippen LogP contribution < -0.4 is 5.32 Å². The number of likely N-dealkylation sites (N-methyl/N-ethyl adjacent to an activating group) is 1. The topological polar surface area (TPSA) is 12.0 Å². The van der Waals surface area contributed by atoms with Crippen LogP contribution in [0.2, 0.25) is 0 Å². The molecule has 0 aromatic heterocycles. The fourth-order valence-corrected chi connectivity index (χ4v) is 1.87. The maximum atomic E-state index is 12.9. The van der Waals surface area contributed by atoms with Crippen molar-refractivity contribution in [3.63, 3.8) is 0 Å². The van der Waals surface area contributed by atoms with Gasteiger partial charge in [0.15, 0.2) is 0 Å². The van der Waals surface area contributed by atoms with Crippen molar-refractivity contribution in [1.82, 2.24) is 5.32 Å². The van der Waals surface area contributed by atoms with Gasteiger partial charge >= 0.3 is 0 Å². The zero-order valence-electron chi connectivity index (χ0n) is 9.69. The van der Waals surface area contributed by atoms with Crippen LogP contribution in [-0.2, 0) is 0 Å². The second kappa shape index (κ2) is 6.81. The molecule has 1 N–H and O–H groups in total. The molecular weight excluding hydrogens is 269 g/mol. The van der Waals surface area contributed by atoms with Crippen LogP contribution >= 0.6 is 15.9 Å². The van der Waals surface area contributed by atoms with E-state index in [1.165, 1.54) is 17.7 Å². The molecule has 0 saturated carbocycles. The van der Waals surface area contributed by atoms with E-state index in [-0.39, 0.29) is 5.82 Å². The van der Waals surface area contributed by atoms with E-state index in [9.17, 15) is 4.39 Å². The van der Waals surface area contributed by atoms with Gasteiger partial charge in [0.25, 0.3) is 0 Å². The molecule has 0 fully saturated rings. The number of rotatable bonds is 5. The van der Waals surface area contributed by atoms with Crippen LogP contribution in [0.25, 0.3) is 6.08 Å². The summed E-state index contributed by atoms with van der Waals surface area (Å²) >= 11 is 3.37. The standard InChI is InChI=1S/C13H17BrFN/c1-3-10(9-16-4-2)7-11-5-6-12(15)8-13(11)14/h5-8,16H,3-4,9H2,1-2H3/b10-7+. The lowest BCUT2D eigenvalue weighted by Gasteiger charge is -2.06. The molecule has 0 aliphatic rings. The summed E-state index contributed by atoms with van der Waals surface area (Å²) in [4.78, 5) is 0. The molecule has 0 radical (unpaired) electrons. The van der Waals surface area contributed by atoms with Crippen molar-refractivity contribution in [3.05, 3.63) is 39.6 Å². The monoisotopic (exact) mass is 285 g/mol. The minimum Gasteiger partial charge on any atom is -0.313 e. The van der Waals surface area contributed by atoms with Crippen molar-refractivity contribution < 1.29 is 4.39 Å². The fraction of sp³-hybridized carbons (Fsp3) is 0.385. The summed E-state index contributed by atoms with van der Waals surface area (Å²) in [5.41, 5.74) is 2.34. The Balaban J connectivity index is 2.86. The van der Waals surface area contributed by atoms with E-state index in [1.54, 1.807) is 6.07 Å². The molecule has 1 aromatic rings. The average molecular weight is 286 g/mol. The molecule has 16 heavy (non-hydrogen) atoms. The summed E-state index contributed by atoms with van der Waals surface area (Å²) in [5.74, 6) is -0.214. The Morgan fingerprint density at radius 3 is 2.75 bits per heavy atom. The quantitative estimate of drug-likeness (QED) is 0.863. The van der Waals surface area contributed by atoms with Crippen molar-refractivity contribution in [1.29, 1.82) is 0 Å². The number of benzene rings is 1. The van der Waals surface area contributed by atoms with Crippen molar-refractivity contribution in [2.75, 3.05) is 13.1 Å². The van der Waals surface area contributed by atoms with E-state index in [0.29, 0.717) is 0 Å². The van der Waals surface area contributed by atoms with Gasteiger partial charge in [-0.15, -0.1) is 0 Å². The third-order valence-corrected chi connectivity index (χ3v) is 3.07. The molecule has 0 amide bonds. The van der Waals surface area contributed by atoms with Crippen LogP contribution in [0.15, 0.2) is 28.2 Å². The molecule has 3 heteroatoms. The van der Waals surface area contributed by atoms with Crippen LogP contribution in [0.4, 0.5) is 4.39 Å². The molecule has 0 aliphatic carbocycles. The number of nitrogens with one attached hydrogen (secondary N) is 1. The second-order valence-corrected chi connectivity index (χ2v) is 4.46. The molecule has 0 spiro atoms. The molecular formula is C13H17BrFN. The molecule has 0 saturated heterocycles. The van der Waals surface area contributed by atoms with Crippen molar-refractivity contribution in [2.45, 2.75) is 20.3 Å². The van der Waals surface area contributed by atoms with Crippen LogP contribution in [0.1, 0.15) is 25.8 Å². The second-order valence-electron chi connectivity index (χ2n) is 3.60. The molecule has 0 unspecified atom stereocenters. The lowest BCUT2D eigenvalue weighted by atomic mass is 10.1. The first-order valence-corrected chi connectivity index (χ1v) is 6.31. The smallest absolute Gasteiger partial charge is 0.124 e. The molecule has 1 aromatic carbocycles. The highest BCUT2D eigenvalue weighted by atomic mass is 79.9. The van der Waals surface area contributed by atoms with Gasteiger partial charge in [-0.05, 0) is 30.7 Å². The molecule has 0 atom stereocenters. The van der Waals surface area contributed by atoms with Gasteiger partial charge in [0.1, 0.15) is 5.82 Å². The van der Waals surface area contributed by atoms with Gasteiger partial charge in [-0.3, -0.25) is 0 Å². The summed E-state index contributed by atoms with van der Waals surface area (Å²) < 4.78 is 13.7. The molecule has 1 rings (SSSR count). The normalized spacial score (nSPS) is 11.9. The molecule has 0 aliphatic heterocycles. The Morgan fingerprint density at radius 2 is 2.19 bits per heavy atom. The number of hydrogen-bond acceptors (Lipinski definition) is 1. The lowest BCUT2D eigenvalue weighted by Crippen LogP contribution is -2.15. The van der Waals surface area contributed by atoms with Crippen LogP contribution in [0, 0.1) is 5.82 Å². The van der Waals surface area contributed by atoms with E-state index < -0.39 is 0 Å². The Hall–Kier alpha value is -0.670. The first kappa shape index (κ1) is 13.4. The van der Waals surface area contributed by atoms with Gasteiger partial charge in [-0.2, -0.15) is 0 Å². The minimum absolute atomic E-state index is 0.214. The molecule has 0 bridgehead atoms. The predicted octanol–water partition coefficient (Wildman–Crippen LogP) is 3.99. The summed E-state index contributed by atoms with van der Waals surface area (Å²) in [5, 5.41) is 3.29. The largest absolute Gasteiger partial charge is 0.313 e. The first-order chi connectivity index (χ1) is 7.67. The average Bonchev–Trinajstić information content (AvgIpc) is 2.27. The van der Waals surface area contributed by atoms with E-state index in [4.69, 9.17) is 0 Å². The van der Waals surface area contributed by atoms with Crippen molar-refractivity contribution in [3.8, 4) is 0 Å². The van der Waals surface area contributed by atoms with Gasteiger partial charge in [0, 0.05) is 11.0 Å². The maximum absolute atomic E-state index is 12.9. The number of hydrogen-bond donors (Lipinski definition) is 1. The third kappa shape index (κ3) is 4.06. The zero-order chi connectivity index (χ0) is 12.0. The molecule has 0 heterocycles. The Morgan fingerprint density at radius 1 is 1.44 bits per heavy atom. The highest BCUT2D eigenvalue weighted by Gasteiger charge is 2.00.